The van der Waals surface area contributed by atoms with Crippen molar-refractivity contribution >= 4 is 33.3 Å². The number of benzene rings is 1. The van der Waals surface area contributed by atoms with E-state index in [2.05, 4.69) is 20.9 Å². The normalized spacial score (nSPS) is 15.3. The number of nitrogens with two attached hydrogens (primary N) is 1. The van der Waals surface area contributed by atoms with Gasteiger partial charge in [-0.3, -0.25) is 0 Å². The second-order valence-corrected chi connectivity index (χ2v) is 6.37. The maximum atomic E-state index is 13.1. The molecule has 2 N–H and O–H groups in total. The van der Waals surface area contributed by atoms with Crippen LogP contribution in [0, 0.1) is 5.82 Å². The van der Waals surface area contributed by atoms with Crippen molar-refractivity contribution in [3.63, 3.8) is 0 Å². The summed E-state index contributed by atoms with van der Waals surface area (Å²) in [6.45, 7) is 2.93. The van der Waals surface area contributed by atoms with Crippen LogP contribution in [0.15, 0.2) is 30.3 Å². The van der Waals surface area contributed by atoms with Gasteiger partial charge in [-0.1, -0.05) is 12.1 Å². The highest BCUT2D eigenvalue weighted by molar-refractivity contribution is 7.21. The molecule has 2 aromatic heterocycles. The summed E-state index contributed by atoms with van der Waals surface area (Å²) in [6, 6.07) is 8.51. The van der Waals surface area contributed by atoms with Crippen LogP contribution in [0.5, 0.6) is 0 Å². The van der Waals surface area contributed by atoms with E-state index in [4.69, 9.17) is 10.5 Å². The van der Waals surface area contributed by atoms with E-state index in [1.54, 1.807) is 12.1 Å². The fourth-order valence-corrected chi connectivity index (χ4v) is 3.73. The number of rotatable bonds is 2. The standard InChI is InChI=1S/C16H15FN4OS/c17-11-3-1-10(2-4-11)13-9-12-14(21-5-7-22-8-6-21)19-16(18)20-15(12)23-13/h1-4,9H,5-8H2,(H2,18,19,20). The number of anilines is 2. The minimum absolute atomic E-state index is 0.243. The molecular formula is C16H15FN4OS. The van der Waals surface area contributed by atoms with Gasteiger partial charge >= 0.3 is 0 Å². The molecule has 1 fully saturated rings. The summed E-state index contributed by atoms with van der Waals surface area (Å²) in [7, 11) is 0. The minimum atomic E-state index is -0.243. The lowest BCUT2D eigenvalue weighted by Crippen LogP contribution is -2.37. The molecular weight excluding hydrogens is 315 g/mol. The quantitative estimate of drug-likeness (QED) is 0.783. The minimum Gasteiger partial charge on any atom is -0.378 e. The number of fused-ring (bicyclic) bond motifs is 1. The van der Waals surface area contributed by atoms with Crippen LogP contribution in [-0.4, -0.2) is 36.3 Å². The number of morpholine rings is 1. The van der Waals surface area contributed by atoms with E-state index in [0.29, 0.717) is 13.2 Å². The highest BCUT2D eigenvalue weighted by Gasteiger charge is 2.19. The summed E-state index contributed by atoms with van der Waals surface area (Å²) in [4.78, 5) is 12.8. The maximum absolute atomic E-state index is 13.1. The number of nitrogens with zero attached hydrogens (tertiary/aromatic N) is 3. The molecule has 0 spiro atoms. The van der Waals surface area contributed by atoms with Gasteiger partial charge in [0.2, 0.25) is 5.95 Å². The van der Waals surface area contributed by atoms with Crippen LogP contribution < -0.4 is 10.6 Å². The topological polar surface area (TPSA) is 64.3 Å². The molecule has 0 aliphatic carbocycles. The van der Waals surface area contributed by atoms with Crippen molar-refractivity contribution in [1.29, 1.82) is 0 Å². The monoisotopic (exact) mass is 330 g/mol. The number of thiophene rings is 1. The van der Waals surface area contributed by atoms with Crippen LogP contribution in [0.1, 0.15) is 0 Å². The fraction of sp³-hybridized carbons (Fsp3) is 0.250. The van der Waals surface area contributed by atoms with Gasteiger partial charge in [0.15, 0.2) is 0 Å². The second kappa shape index (κ2) is 5.75. The number of halogens is 1. The first kappa shape index (κ1) is 14.3. The van der Waals surface area contributed by atoms with Crippen molar-refractivity contribution < 1.29 is 9.13 Å². The highest BCUT2D eigenvalue weighted by Crippen LogP contribution is 2.37. The van der Waals surface area contributed by atoms with Gasteiger partial charge in [0.25, 0.3) is 0 Å². The smallest absolute Gasteiger partial charge is 0.223 e. The molecule has 23 heavy (non-hydrogen) atoms. The Bertz CT molecular complexity index is 843. The van der Waals surface area contributed by atoms with E-state index >= 15 is 0 Å². The Morgan fingerprint density at radius 3 is 2.61 bits per heavy atom. The molecule has 0 saturated carbocycles. The van der Waals surface area contributed by atoms with Crippen LogP contribution in [-0.2, 0) is 4.74 Å². The molecule has 3 aromatic rings. The molecule has 7 heteroatoms. The van der Waals surface area contributed by atoms with Crippen molar-refractivity contribution in [3.8, 4) is 10.4 Å². The number of nitrogen functional groups attached to an aromatic ring is 1. The molecule has 118 valence electrons. The summed E-state index contributed by atoms with van der Waals surface area (Å²) in [5, 5.41) is 0.977. The van der Waals surface area contributed by atoms with E-state index in [9.17, 15) is 4.39 Å². The summed E-state index contributed by atoms with van der Waals surface area (Å²) in [5.74, 6) is 0.875. The van der Waals surface area contributed by atoms with Crippen molar-refractivity contribution in [2.75, 3.05) is 36.9 Å². The average molecular weight is 330 g/mol. The van der Waals surface area contributed by atoms with Crippen molar-refractivity contribution in [2.45, 2.75) is 0 Å². The molecule has 3 heterocycles. The summed E-state index contributed by atoms with van der Waals surface area (Å²) in [5.41, 5.74) is 6.84. The lowest BCUT2D eigenvalue weighted by atomic mass is 10.2. The zero-order valence-electron chi connectivity index (χ0n) is 12.3. The lowest BCUT2D eigenvalue weighted by molar-refractivity contribution is 0.122. The Labute approximate surface area is 136 Å². The predicted molar refractivity (Wildman–Crippen MR) is 90.3 cm³/mol. The second-order valence-electron chi connectivity index (χ2n) is 5.34. The van der Waals surface area contributed by atoms with Gasteiger partial charge < -0.3 is 15.4 Å². The summed E-state index contributed by atoms with van der Waals surface area (Å²) >= 11 is 1.54. The van der Waals surface area contributed by atoms with Crippen LogP contribution in [0.2, 0.25) is 0 Å². The van der Waals surface area contributed by atoms with Gasteiger partial charge in [-0.15, -0.1) is 11.3 Å². The molecule has 0 amide bonds. The maximum Gasteiger partial charge on any atom is 0.223 e. The zero-order valence-corrected chi connectivity index (χ0v) is 13.1. The van der Waals surface area contributed by atoms with E-state index in [1.165, 1.54) is 23.5 Å². The third-order valence-corrected chi connectivity index (χ3v) is 4.91. The first-order chi connectivity index (χ1) is 11.2. The molecule has 4 rings (SSSR count). The number of hydrogen-bond donors (Lipinski definition) is 1. The number of aromatic nitrogens is 2. The van der Waals surface area contributed by atoms with E-state index in [1.807, 2.05) is 0 Å². The van der Waals surface area contributed by atoms with Crippen LogP contribution >= 0.6 is 11.3 Å². The molecule has 0 unspecified atom stereocenters. The van der Waals surface area contributed by atoms with Gasteiger partial charge in [0.1, 0.15) is 16.5 Å². The Kier molecular flexibility index (Phi) is 3.59. The Hall–Kier alpha value is -2.25. The van der Waals surface area contributed by atoms with E-state index < -0.39 is 0 Å². The molecule has 1 aromatic carbocycles. The lowest BCUT2D eigenvalue weighted by Gasteiger charge is -2.28. The van der Waals surface area contributed by atoms with Gasteiger partial charge in [-0.05, 0) is 23.8 Å². The Morgan fingerprint density at radius 1 is 1.13 bits per heavy atom. The van der Waals surface area contributed by atoms with Crippen LogP contribution in [0.3, 0.4) is 0 Å². The highest BCUT2D eigenvalue weighted by atomic mass is 32.1. The first-order valence-corrected chi connectivity index (χ1v) is 8.18. The van der Waals surface area contributed by atoms with Crippen LogP contribution in [0.4, 0.5) is 16.2 Å². The molecule has 1 aliphatic rings. The number of hydrogen-bond acceptors (Lipinski definition) is 6. The van der Waals surface area contributed by atoms with Gasteiger partial charge in [-0.2, -0.15) is 4.98 Å². The average Bonchev–Trinajstić information content (AvgIpc) is 2.99. The Morgan fingerprint density at radius 2 is 1.87 bits per heavy atom. The largest absolute Gasteiger partial charge is 0.378 e. The fourth-order valence-electron chi connectivity index (χ4n) is 2.70. The Balaban J connectivity index is 1.82. The molecule has 0 radical (unpaired) electrons. The molecule has 0 bridgehead atoms. The van der Waals surface area contributed by atoms with Crippen LogP contribution in [0.25, 0.3) is 20.7 Å². The predicted octanol–water partition coefficient (Wildman–Crippen LogP) is 2.92. The molecule has 5 nitrogen and oxygen atoms in total. The molecule has 1 saturated heterocycles. The van der Waals surface area contributed by atoms with Crippen molar-refractivity contribution in [2.24, 2.45) is 0 Å². The third kappa shape index (κ3) is 2.73. The summed E-state index contributed by atoms with van der Waals surface area (Å²) in [6.07, 6.45) is 0. The van der Waals surface area contributed by atoms with Crippen molar-refractivity contribution in [1.82, 2.24) is 9.97 Å². The van der Waals surface area contributed by atoms with E-state index in [-0.39, 0.29) is 11.8 Å². The van der Waals surface area contributed by atoms with Crippen molar-refractivity contribution in [3.05, 3.63) is 36.1 Å². The SMILES string of the molecule is Nc1nc(N2CCOCC2)c2cc(-c3ccc(F)cc3)sc2n1. The van der Waals surface area contributed by atoms with Gasteiger partial charge in [0.05, 0.1) is 18.6 Å². The molecule has 1 aliphatic heterocycles. The van der Waals surface area contributed by atoms with Gasteiger partial charge in [0, 0.05) is 18.0 Å². The van der Waals surface area contributed by atoms with E-state index in [0.717, 1.165) is 39.6 Å². The summed E-state index contributed by atoms with van der Waals surface area (Å²) < 4.78 is 18.5. The number of ether oxygens (including phenoxy) is 1. The zero-order chi connectivity index (χ0) is 15.8. The first-order valence-electron chi connectivity index (χ1n) is 7.36. The van der Waals surface area contributed by atoms with Gasteiger partial charge in [-0.25, -0.2) is 9.37 Å². The third-order valence-electron chi connectivity index (χ3n) is 3.83. The molecule has 0 atom stereocenters.